The van der Waals surface area contributed by atoms with Gasteiger partial charge in [0.2, 0.25) is 0 Å². The van der Waals surface area contributed by atoms with Gasteiger partial charge in [-0.1, -0.05) is 59.2 Å². The average Bonchev–Trinajstić information content (AvgIpc) is 2.50. The minimum Gasteiger partial charge on any atom is -0.282 e. The third-order valence-electron chi connectivity index (χ3n) is 3.03. The van der Waals surface area contributed by atoms with E-state index in [9.17, 15) is 8.42 Å². The van der Waals surface area contributed by atoms with E-state index in [1.165, 1.54) is 17.7 Å². The quantitative estimate of drug-likeness (QED) is 0.769. The van der Waals surface area contributed by atoms with E-state index in [-0.39, 0.29) is 4.90 Å². The van der Waals surface area contributed by atoms with Crippen molar-refractivity contribution in [1.82, 2.24) is 0 Å². The SMILES string of the molecule is CC.CC.CCCc1ccc2c(C)cc(S(=O)(=O)O)cc2c1. The molecule has 0 saturated carbocycles. The van der Waals surface area contributed by atoms with E-state index in [4.69, 9.17) is 4.55 Å². The van der Waals surface area contributed by atoms with E-state index in [1.807, 2.05) is 46.8 Å². The molecule has 0 spiro atoms. The Hall–Kier alpha value is -1.39. The fraction of sp³-hybridized carbons (Fsp3) is 0.444. The average molecular weight is 324 g/mol. The molecule has 2 aromatic carbocycles. The minimum absolute atomic E-state index is 0.0406. The van der Waals surface area contributed by atoms with Crippen LogP contribution in [0.25, 0.3) is 10.8 Å². The standard InChI is InChI=1S/C14H16O3S.2C2H6/c1-3-4-11-5-6-14-10(2)7-13(18(15,16)17)9-12(14)8-11;2*1-2/h5-9H,3-4H2,1-2H3,(H,15,16,17);2*1-2H3. The lowest BCUT2D eigenvalue weighted by Crippen LogP contribution is -1.99. The van der Waals surface area contributed by atoms with Crippen molar-refractivity contribution in [2.24, 2.45) is 0 Å². The molecule has 0 heterocycles. The van der Waals surface area contributed by atoms with E-state index >= 15 is 0 Å². The van der Waals surface area contributed by atoms with Crippen LogP contribution >= 0.6 is 0 Å². The molecule has 0 aliphatic rings. The van der Waals surface area contributed by atoms with Gasteiger partial charge in [-0.3, -0.25) is 4.55 Å². The summed E-state index contributed by atoms with van der Waals surface area (Å²) in [5.74, 6) is 0. The Morgan fingerprint density at radius 3 is 2.09 bits per heavy atom. The number of hydrogen-bond acceptors (Lipinski definition) is 2. The van der Waals surface area contributed by atoms with Crippen LogP contribution in [0, 0.1) is 6.92 Å². The zero-order valence-electron chi connectivity index (χ0n) is 14.5. The molecule has 0 aliphatic carbocycles. The van der Waals surface area contributed by atoms with Gasteiger partial charge in [0.1, 0.15) is 0 Å². The minimum atomic E-state index is -4.14. The second-order valence-corrected chi connectivity index (χ2v) is 5.94. The van der Waals surface area contributed by atoms with E-state index in [0.29, 0.717) is 0 Å². The molecule has 1 N–H and O–H groups in total. The second-order valence-electron chi connectivity index (χ2n) is 4.52. The van der Waals surface area contributed by atoms with Crippen molar-refractivity contribution in [1.29, 1.82) is 0 Å². The molecule has 0 bridgehead atoms. The van der Waals surface area contributed by atoms with E-state index in [1.54, 1.807) is 0 Å². The smallest absolute Gasteiger partial charge is 0.282 e. The monoisotopic (exact) mass is 324 g/mol. The molecule has 0 saturated heterocycles. The van der Waals surface area contributed by atoms with Gasteiger partial charge in [-0.15, -0.1) is 0 Å². The molecule has 124 valence electrons. The predicted molar refractivity (Wildman–Crippen MR) is 95.2 cm³/mol. The summed E-state index contributed by atoms with van der Waals surface area (Å²) in [6.45, 7) is 11.9. The fourth-order valence-corrected chi connectivity index (χ4v) is 2.77. The molecule has 4 heteroatoms. The molecule has 0 aromatic heterocycles. The summed E-state index contributed by atoms with van der Waals surface area (Å²) in [4.78, 5) is -0.0406. The third kappa shape index (κ3) is 5.43. The zero-order valence-corrected chi connectivity index (χ0v) is 15.3. The van der Waals surface area contributed by atoms with Crippen LogP contribution in [-0.4, -0.2) is 13.0 Å². The van der Waals surface area contributed by atoms with Gasteiger partial charge >= 0.3 is 0 Å². The summed E-state index contributed by atoms with van der Waals surface area (Å²) in [5, 5.41) is 1.87. The summed E-state index contributed by atoms with van der Waals surface area (Å²) in [7, 11) is -4.14. The predicted octanol–water partition coefficient (Wildman–Crippen LogP) is 5.40. The van der Waals surface area contributed by atoms with E-state index < -0.39 is 10.1 Å². The highest BCUT2D eigenvalue weighted by Gasteiger charge is 2.12. The van der Waals surface area contributed by atoms with Crippen LogP contribution in [0.3, 0.4) is 0 Å². The van der Waals surface area contributed by atoms with Crippen LogP contribution < -0.4 is 0 Å². The summed E-state index contributed by atoms with van der Waals surface area (Å²) >= 11 is 0. The van der Waals surface area contributed by atoms with Gasteiger partial charge in [0, 0.05) is 0 Å². The highest BCUT2D eigenvalue weighted by molar-refractivity contribution is 7.85. The van der Waals surface area contributed by atoms with Gasteiger partial charge in [-0.05, 0) is 47.4 Å². The first kappa shape index (κ1) is 20.6. The zero-order chi connectivity index (χ0) is 17.3. The van der Waals surface area contributed by atoms with Gasteiger partial charge in [-0.25, -0.2) is 0 Å². The highest BCUT2D eigenvalue weighted by atomic mass is 32.2. The molecule has 2 aromatic rings. The van der Waals surface area contributed by atoms with Crippen molar-refractivity contribution in [3.8, 4) is 0 Å². The molecular formula is C18H28O3S. The van der Waals surface area contributed by atoms with Crippen LogP contribution in [0.4, 0.5) is 0 Å². The Labute approximate surface area is 135 Å². The van der Waals surface area contributed by atoms with Crippen molar-refractivity contribution in [3.63, 3.8) is 0 Å². The maximum Gasteiger partial charge on any atom is 0.294 e. The first-order valence-electron chi connectivity index (χ1n) is 7.92. The molecule has 0 atom stereocenters. The number of hydrogen-bond donors (Lipinski definition) is 1. The lowest BCUT2D eigenvalue weighted by Gasteiger charge is -2.07. The van der Waals surface area contributed by atoms with Gasteiger partial charge in [0.25, 0.3) is 10.1 Å². The maximum atomic E-state index is 11.2. The summed E-state index contributed by atoms with van der Waals surface area (Å²) in [5.41, 5.74) is 2.03. The Kier molecular flexibility index (Phi) is 8.99. The third-order valence-corrected chi connectivity index (χ3v) is 3.87. The number of aryl methyl sites for hydroxylation is 2. The first-order valence-corrected chi connectivity index (χ1v) is 9.36. The largest absolute Gasteiger partial charge is 0.294 e. The van der Waals surface area contributed by atoms with Crippen molar-refractivity contribution in [2.45, 2.75) is 59.3 Å². The van der Waals surface area contributed by atoms with Gasteiger partial charge in [0.15, 0.2) is 0 Å². The summed E-state index contributed by atoms with van der Waals surface area (Å²) in [6, 6.07) is 9.07. The van der Waals surface area contributed by atoms with Crippen LogP contribution in [0.15, 0.2) is 35.2 Å². The number of fused-ring (bicyclic) bond motifs is 1. The van der Waals surface area contributed by atoms with Crippen LogP contribution in [0.1, 0.15) is 52.2 Å². The van der Waals surface area contributed by atoms with Crippen molar-refractivity contribution in [2.75, 3.05) is 0 Å². The van der Waals surface area contributed by atoms with Crippen molar-refractivity contribution in [3.05, 3.63) is 41.5 Å². The maximum absolute atomic E-state index is 11.2. The van der Waals surface area contributed by atoms with E-state index in [0.717, 1.165) is 29.2 Å². The summed E-state index contributed by atoms with van der Waals surface area (Å²) < 4.78 is 31.5. The lowest BCUT2D eigenvalue weighted by molar-refractivity contribution is 0.483. The molecule has 0 radical (unpaired) electrons. The van der Waals surface area contributed by atoms with Gasteiger partial charge in [-0.2, -0.15) is 8.42 Å². The molecule has 2 rings (SSSR count). The van der Waals surface area contributed by atoms with Crippen molar-refractivity contribution < 1.29 is 13.0 Å². The normalized spacial score (nSPS) is 10.3. The molecular weight excluding hydrogens is 296 g/mol. The Balaban J connectivity index is 0.00000102. The molecule has 3 nitrogen and oxygen atoms in total. The molecule has 22 heavy (non-hydrogen) atoms. The molecule has 0 amide bonds. The van der Waals surface area contributed by atoms with Crippen LogP contribution in [-0.2, 0) is 16.5 Å². The molecule has 0 unspecified atom stereocenters. The second kappa shape index (κ2) is 9.59. The fourth-order valence-electron chi connectivity index (χ4n) is 2.17. The van der Waals surface area contributed by atoms with Crippen molar-refractivity contribution >= 4 is 20.9 Å². The number of benzene rings is 2. The number of rotatable bonds is 3. The highest BCUT2D eigenvalue weighted by Crippen LogP contribution is 2.24. The van der Waals surface area contributed by atoms with Gasteiger partial charge < -0.3 is 0 Å². The topological polar surface area (TPSA) is 54.4 Å². The molecule has 0 aliphatic heterocycles. The lowest BCUT2D eigenvalue weighted by atomic mass is 10.0. The Bertz CT molecular complexity index is 689. The van der Waals surface area contributed by atoms with Crippen LogP contribution in [0.2, 0.25) is 0 Å². The van der Waals surface area contributed by atoms with E-state index in [2.05, 4.69) is 13.0 Å². The Morgan fingerprint density at radius 1 is 1.00 bits per heavy atom. The van der Waals surface area contributed by atoms with Gasteiger partial charge in [0.05, 0.1) is 4.90 Å². The Morgan fingerprint density at radius 2 is 1.59 bits per heavy atom. The first-order chi connectivity index (χ1) is 10.4. The summed E-state index contributed by atoms with van der Waals surface area (Å²) in [6.07, 6.45) is 2.01. The van der Waals surface area contributed by atoms with Crippen LogP contribution in [0.5, 0.6) is 0 Å². The molecule has 0 fully saturated rings.